The summed E-state index contributed by atoms with van der Waals surface area (Å²) in [6.45, 7) is 1.70. The smallest absolute Gasteiger partial charge is 0.289 e. The number of halogens is 1. The van der Waals surface area contributed by atoms with Crippen LogP contribution in [0.1, 0.15) is 26.7 Å². The molecule has 0 spiro atoms. The number of ether oxygens (including phenoxy) is 3. The van der Waals surface area contributed by atoms with Gasteiger partial charge in [0.05, 0.1) is 30.5 Å². The molecule has 10 heteroatoms. The predicted octanol–water partition coefficient (Wildman–Crippen LogP) is 3.59. The number of amides is 2. The highest BCUT2D eigenvalue weighted by molar-refractivity contribution is 6.32. The van der Waals surface area contributed by atoms with Gasteiger partial charge >= 0.3 is 0 Å². The van der Waals surface area contributed by atoms with Crippen LogP contribution in [-0.2, 0) is 16.1 Å². The van der Waals surface area contributed by atoms with E-state index in [0.29, 0.717) is 59.8 Å². The van der Waals surface area contributed by atoms with Crippen LogP contribution in [0.2, 0.25) is 5.02 Å². The summed E-state index contributed by atoms with van der Waals surface area (Å²) in [6.07, 6.45) is 0. The number of anilines is 1. The van der Waals surface area contributed by atoms with Gasteiger partial charge < -0.3 is 23.5 Å². The van der Waals surface area contributed by atoms with E-state index in [9.17, 15) is 14.4 Å². The van der Waals surface area contributed by atoms with E-state index in [1.807, 2.05) is 0 Å². The van der Waals surface area contributed by atoms with Gasteiger partial charge in [0.15, 0.2) is 24.8 Å². The summed E-state index contributed by atoms with van der Waals surface area (Å²) in [5.41, 5.74) is 0.791. The van der Waals surface area contributed by atoms with Gasteiger partial charge in [0.2, 0.25) is 0 Å². The molecule has 2 aliphatic heterocycles. The molecule has 0 bridgehead atoms. The zero-order valence-corrected chi connectivity index (χ0v) is 20.0. The number of Topliss-reactive ketones (excluding diaryl/α,β-unsaturated/α-hetero) is 1. The van der Waals surface area contributed by atoms with Gasteiger partial charge in [-0.2, -0.15) is 0 Å². The molecule has 0 saturated carbocycles. The Morgan fingerprint density at radius 3 is 2.64 bits per heavy atom. The summed E-state index contributed by atoms with van der Waals surface area (Å²) in [5.74, 6) is 0.717. The second-order valence-corrected chi connectivity index (χ2v) is 8.67. The number of nitrogens with zero attached hydrogens (tertiary/aromatic N) is 2. The highest BCUT2D eigenvalue weighted by Crippen LogP contribution is 2.34. The van der Waals surface area contributed by atoms with Gasteiger partial charge in [-0.05, 0) is 42.5 Å². The molecule has 5 rings (SSSR count). The Morgan fingerprint density at radius 1 is 1.03 bits per heavy atom. The number of carbonyl (C=O) groups is 3. The number of hydrogen-bond donors (Lipinski definition) is 0. The van der Waals surface area contributed by atoms with Gasteiger partial charge in [-0.25, -0.2) is 0 Å². The summed E-state index contributed by atoms with van der Waals surface area (Å²) >= 11 is 6.09. The van der Waals surface area contributed by atoms with Gasteiger partial charge in [0, 0.05) is 18.7 Å². The number of hydrogen-bond acceptors (Lipinski definition) is 7. The molecule has 36 heavy (non-hydrogen) atoms. The molecule has 2 aromatic carbocycles. The fraction of sp³-hybridized carbons (Fsp3) is 0.269. The van der Waals surface area contributed by atoms with Crippen LogP contribution in [0.25, 0.3) is 0 Å². The number of furan rings is 1. The molecular weight excluding hydrogens is 488 g/mol. The molecule has 0 unspecified atom stereocenters. The summed E-state index contributed by atoms with van der Waals surface area (Å²) in [4.78, 5) is 41.4. The molecule has 2 amide bonds. The van der Waals surface area contributed by atoms with E-state index in [2.05, 4.69) is 0 Å². The fourth-order valence-corrected chi connectivity index (χ4v) is 4.18. The lowest BCUT2D eigenvalue weighted by atomic mass is 10.1. The lowest BCUT2D eigenvalue weighted by Crippen LogP contribution is -2.40. The fourth-order valence-electron chi connectivity index (χ4n) is 3.99. The van der Waals surface area contributed by atoms with Crippen molar-refractivity contribution >= 4 is 34.9 Å². The lowest BCUT2D eigenvalue weighted by Gasteiger charge is -2.29. The molecule has 0 radical (unpaired) electrons. The van der Waals surface area contributed by atoms with Gasteiger partial charge in [-0.15, -0.1) is 0 Å². The van der Waals surface area contributed by atoms with E-state index in [4.69, 9.17) is 30.2 Å². The van der Waals surface area contributed by atoms with Crippen molar-refractivity contribution in [1.82, 2.24) is 4.90 Å². The summed E-state index contributed by atoms with van der Waals surface area (Å²) < 4.78 is 22.2. The average Bonchev–Trinajstić information content (AvgIpc) is 3.38. The van der Waals surface area contributed by atoms with Crippen molar-refractivity contribution < 1.29 is 33.0 Å². The molecule has 0 aliphatic carbocycles. The predicted molar refractivity (Wildman–Crippen MR) is 130 cm³/mol. The van der Waals surface area contributed by atoms with E-state index in [0.717, 1.165) is 0 Å². The van der Waals surface area contributed by atoms with Crippen LogP contribution in [0.4, 0.5) is 5.69 Å². The van der Waals surface area contributed by atoms with Crippen LogP contribution in [-0.4, -0.2) is 62.0 Å². The molecular formula is C26H23ClN2O7. The molecule has 1 fully saturated rings. The Bertz CT molecular complexity index is 1300. The quantitative estimate of drug-likeness (QED) is 0.448. The Labute approximate surface area is 212 Å². The maximum Gasteiger partial charge on any atom is 0.289 e. The van der Waals surface area contributed by atoms with Crippen molar-refractivity contribution in [2.45, 2.75) is 6.54 Å². The van der Waals surface area contributed by atoms with Crippen molar-refractivity contribution in [2.24, 2.45) is 0 Å². The Balaban J connectivity index is 1.31. The largest absolute Gasteiger partial charge is 0.484 e. The third-order valence-electron chi connectivity index (χ3n) is 5.90. The number of morpholine rings is 1. The number of benzene rings is 2. The molecule has 1 saturated heterocycles. The van der Waals surface area contributed by atoms with E-state index < -0.39 is 0 Å². The van der Waals surface area contributed by atoms with Crippen LogP contribution in [0, 0.1) is 0 Å². The normalized spacial score (nSPS) is 15.3. The van der Waals surface area contributed by atoms with Crippen molar-refractivity contribution in [2.75, 3.05) is 44.4 Å². The number of ketones is 1. The molecule has 3 heterocycles. The first kappa shape index (κ1) is 23.9. The van der Waals surface area contributed by atoms with Crippen LogP contribution in [0.5, 0.6) is 11.5 Å². The van der Waals surface area contributed by atoms with Gasteiger partial charge in [-0.1, -0.05) is 23.7 Å². The number of fused-ring (bicyclic) bond motifs is 1. The van der Waals surface area contributed by atoms with Gasteiger partial charge in [0.1, 0.15) is 17.3 Å². The van der Waals surface area contributed by atoms with Crippen molar-refractivity contribution in [3.63, 3.8) is 0 Å². The summed E-state index contributed by atoms with van der Waals surface area (Å²) in [6, 6.07) is 15.0. The number of rotatable bonds is 7. The van der Waals surface area contributed by atoms with E-state index >= 15 is 0 Å². The van der Waals surface area contributed by atoms with Crippen LogP contribution < -0.4 is 14.4 Å². The van der Waals surface area contributed by atoms with Gasteiger partial charge in [-0.3, -0.25) is 19.3 Å². The Hall–Kier alpha value is -3.82. The topological polar surface area (TPSA) is 98.5 Å². The lowest BCUT2D eigenvalue weighted by molar-refractivity contribution is -0.121. The Morgan fingerprint density at radius 2 is 1.83 bits per heavy atom. The minimum absolute atomic E-state index is 0.0827. The van der Waals surface area contributed by atoms with Crippen molar-refractivity contribution in [3.8, 4) is 11.5 Å². The highest BCUT2D eigenvalue weighted by Gasteiger charge is 2.29. The van der Waals surface area contributed by atoms with E-state index in [1.165, 1.54) is 4.90 Å². The standard InChI is InChI=1S/C26H23ClN2O7/c27-19-3-1-2-4-22(19)34-15-21(30)17-5-7-23-20(13-17)29(25(31)16-35-23)14-18-6-8-24(36-18)26(32)28-9-11-33-12-10-28/h1-8,13H,9-12,14-16H2. The summed E-state index contributed by atoms with van der Waals surface area (Å²) in [5, 5.41) is 0.408. The zero-order valence-electron chi connectivity index (χ0n) is 19.3. The molecule has 0 atom stereocenters. The molecule has 3 aromatic rings. The minimum atomic E-state index is -0.295. The van der Waals surface area contributed by atoms with Crippen LogP contribution in [0.15, 0.2) is 59.0 Å². The van der Waals surface area contributed by atoms with Crippen LogP contribution >= 0.6 is 11.6 Å². The van der Waals surface area contributed by atoms with E-state index in [1.54, 1.807) is 59.5 Å². The molecule has 2 aliphatic rings. The van der Waals surface area contributed by atoms with Crippen LogP contribution in [0.3, 0.4) is 0 Å². The highest BCUT2D eigenvalue weighted by atomic mass is 35.5. The zero-order chi connectivity index (χ0) is 25.1. The number of para-hydroxylation sites is 1. The average molecular weight is 511 g/mol. The Kier molecular flexibility index (Phi) is 6.92. The van der Waals surface area contributed by atoms with E-state index in [-0.39, 0.29) is 43.1 Å². The third kappa shape index (κ3) is 5.07. The summed E-state index contributed by atoms with van der Waals surface area (Å²) in [7, 11) is 0. The minimum Gasteiger partial charge on any atom is -0.484 e. The van der Waals surface area contributed by atoms with Gasteiger partial charge in [0.25, 0.3) is 11.8 Å². The van der Waals surface area contributed by atoms with Crippen molar-refractivity contribution in [1.29, 1.82) is 0 Å². The first-order valence-corrected chi connectivity index (χ1v) is 11.8. The molecule has 186 valence electrons. The molecule has 1 aromatic heterocycles. The molecule has 0 N–H and O–H groups in total. The van der Waals surface area contributed by atoms with Crippen molar-refractivity contribution in [3.05, 3.63) is 76.7 Å². The SMILES string of the molecule is O=C(COc1ccccc1Cl)c1ccc2c(c1)N(Cc1ccc(C(=O)N3CCOCC3)o1)C(=O)CO2. The number of carbonyl (C=O) groups excluding carboxylic acids is 3. The first-order chi connectivity index (χ1) is 17.5. The monoisotopic (exact) mass is 510 g/mol. The maximum atomic E-state index is 12.8. The second kappa shape index (κ2) is 10.4. The molecule has 9 nitrogen and oxygen atoms in total. The maximum absolute atomic E-state index is 12.8. The first-order valence-electron chi connectivity index (χ1n) is 11.4. The third-order valence-corrected chi connectivity index (χ3v) is 6.22. The second-order valence-electron chi connectivity index (χ2n) is 8.26.